The standard InChI is InChI=1S/C35H42F3N5O6S2/c1-6-20-18-34(20,30(46)42-51(47,48)33(5)14-15-33)41-28(44)25-17-23(49-31-40-24-12-7-8-13-26(24)50-31)19-43(25)29(45)27(32(2,3)4)39-22-11-9-10-21(16-22)35(36,37)38/h7-13,16,20,23,25,27,39H,6,14-15,17-19H2,1-5H3,(H,41,44)(H,42,46)/t20-,23-,25+,27-,34-/m1/s1. The Morgan fingerprint density at radius 1 is 1.10 bits per heavy atom. The highest BCUT2D eigenvalue weighted by molar-refractivity contribution is 7.91. The van der Waals surface area contributed by atoms with Gasteiger partial charge in [-0.2, -0.15) is 13.2 Å². The molecule has 11 nitrogen and oxygen atoms in total. The Morgan fingerprint density at radius 3 is 2.41 bits per heavy atom. The fourth-order valence-corrected chi connectivity index (χ4v) is 8.77. The van der Waals surface area contributed by atoms with E-state index in [4.69, 9.17) is 4.74 Å². The molecule has 0 radical (unpaired) electrons. The van der Waals surface area contributed by atoms with Gasteiger partial charge in [0, 0.05) is 12.1 Å². The molecule has 3 fully saturated rings. The third kappa shape index (κ3) is 7.39. The number of benzene rings is 2. The first kappa shape index (κ1) is 36.9. The molecule has 6 rings (SSSR count). The van der Waals surface area contributed by atoms with E-state index >= 15 is 0 Å². The van der Waals surface area contributed by atoms with E-state index in [-0.39, 0.29) is 31.0 Å². The minimum absolute atomic E-state index is 0.0266. The number of carbonyl (C=O) groups excluding carboxylic acids is 3. The first-order chi connectivity index (χ1) is 23.8. The third-order valence-electron chi connectivity index (χ3n) is 10.2. The molecule has 0 bridgehead atoms. The summed E-state index contributed by atoms with van der Waals surface area (Å²) in [6, 6.07) is 9.76. The predicted octanol–water partition coefficient (Wildman–Crippen LogP) is 5.47. The molecule has 2 aromatic carbocycles. The molecule has 2 heterocycles. The maximum Gasteiger partial charge on any atom is 0.416 e. The number of ether oxygens (including phenoxy) is 1. The van der Waals surface area contributed by atoms with Crippen molar-refractivity contribution < 1.29 is 40.7 Å². The van der Waals surface area contributed by atoms with Crippen LogP contribution in [-0.4, -0.2) is 71.0 Å². The van der Waals surface area contributed by atoms with Crippen LogP contribution in [0.1, 0.15) is 72.3 Å². The van der Waals surface area contributed by atoms with Crippen molar-refractivity contribution in [1.29, 1.82) is 0 Å². The van der Waals surface area contributed by atoms with E-state index in [2.05, 4.69) is 20.3 Å². The monoisotopic (exact) mass is 749 g/mol. The summed E-state index contributed by atoms with van der Waals surface area (Å²) in [7, 11) is -3.98. The van der Waals surface area contributed by atoms with Crippen LogP contribution in [-0.2, 0) is 30.6 Å². The Labute approximate surface area is 298 Å². The zero-order valence-electron chi connectivity index (χ0n) is 29.0. The number of carbonyl (C=O) groups is 3. The number of thiazole rings is 1. The lowest BCUT2D eigenvalue weighted by Crippen LogP contribution is -2.59. The second-order valence-electron chi connectivity index (χ2n) is 15.1. The summed E-state index contributed by atoms with van der Waals surface area (Å²) in [5.74, 6) is -2.35. The van der Waals surface area contributed by atoms with Gasteiger partial charge in [0.2, 0.25) is 21.8 Å². The van der Waals surface area contributed by atoms with Crippen LogP contribution in [0.25, 0.3) is 10.2 Å². The van der Waals surface area contributed by atoms with Gasteiger partial charge in [0.15, 0.2) is 0 Å². The van der Waals surface area contributed by atoms with Gasteiger partial charge in [0.05, 0.1) is 27.1 Å². The molecule has 3 amide bonds. The Balaban J connectivity index is 1.28. The lowest BCUT2D eigenvalue weighted by atomic mass is 9.85. The van der Waals surface area contributed by atoms with Crippen LogP contribution in [0.3, 0.4) is 0 Å². The smallest absolute Gasteiger partial charge is 0.416 e. The van der Waals surface area contributed by atoms with E-state index in [9.17, 15) is 36.0 Å². The number of likely N-dealkylation sites (tertiary alicyclic amines) is 1. The molecular weight excluding hydrogens is 708 g/mol. The second kappa shape index (κ2) is 12.9. The van der Waals surface area contributed by atoms with Crippen LogP contribution in [0.15, 0.2) is 48.5 Å². The molecule has 5 atom stereocenters. The zero-order chi connectivity index (χ0) is 37.1. The van der Waals surface area contributed by atoms with E-state index in [0.29, 0.717) is 24.5 Å². The average molecular weight is 750 g/mol. The minimum atomic E-state index is -4.60. The van der Waals surface area contributed by atoms with Gasteiger partial charge in [-0.15, -0.1) is 0 Å². The molecule has 0 spiro atoms. The number of anilines is 1. The lowest BCUT2D eigenvalue weighted by Gasteiger charge is -2.36. The maximum atomic E-state index is 14.5. The first-order valence-corrected chi connectivity index (χ1v) is 19.2. The van der Waals surface area contributed by atoms with E-state index < -0.39 is 73.4 Å². The summed E-state index contributed by atoms with van der Waals surface area (Å²) in [6.07, 6.45) is -3.70. The highest BCUT2D eigenvalue weighted by Gasteiger charge is 2.63. The molecule has 1 saturated heterocycles. The van der Waals surface area contributed by atoms with Crippen molar-refractivity contribution in [1.82, 2.24) is 19.9 Å². The molecule has 3 aromatic rings. The minimum Gasteiger partial charge on any atom is -0.465 e. The molecule has 51 heavy (non-hydrogen) atoms. The van der Waals surface area contributed by atoms with Crippen molar-refractivity contribution in [2.75, 3.05) is 11.9 Å². The van der Waals surface area contributed by atoms with Gasteiger partial charge in [-0.05, 0) is 67.9 Å². The highest BCUT2D eigenvalue weighted by atomic mass is 32.2. The van der Waals surface area contributed by atoms with Gasteiger partial charge in [0.25, 0.3) is 11.1 Å². The molecule has 3 N–H and O–H groups in total. The van der Waals surface area contributed by atoms with Gasteiger partial charge in [-0.3, -0.25) is 19.1 Å². The summed E-state index contributed by atoms with van der Waals surface area (Å²) in [5, 5.41) is 6.15. The molecule has 0 unspecified atom stereocenters. The van der Waals surface area contributed by atoms with E-state index in [1.807, 2.05) is 31.2 Å². The summed E-state index contributed by atoms with van der Waals surface area (Å²) >= 11 is 1.31. The topological polar surface area (TPSA) is 147 Å². The number of alkyl halides is 3. The van der Waals surface area contributed by atoms with Gasteiger partial charge >= 0.3 is 6.18 Å². The van der Waals surface area contributed by atoms with Gasteiger partial charge in [-0.1, -0.05) is 63.7 Å². The summed E-state index contributed by atoms with van der Waals surface area (Å²) in [6.45, 7) is 8.62. The number of amides is 3. The molecule has 3 aliphatic rings. The van der Waals surface area contributed by atoms with Crippen LogP contribution in [0.5, 0.6) is 5.19 Å². The SMILES string of the molecule is CC[C@@H]1C[C@]1(NC(=O)[C@@H]1C[C@@H](Oc2nc3ccccc3s2)CN1C(=O)[C@@H](Nc1cccc(C(F)(F)F)c1)C(C)(C)C)C(=O)NS(=O)(=O)C1(C)CC1. The molecule has 1 aromatic heterocycles. The number of rotatable bonds is 11. The lowest BCUT2D eigenvalue weighted by molar-refractivity contribution is -0.141. The Kier molecular flexibility index (Phi) is 9.35. The number of para-hydroxylation sites is 1. The maximum absolute atomic E-state index is 14.5. The van der Waals surface area contributed by atoms with Crippen molar-refractivity contribution in [3.63, 3.8) is 0 Å². The molecule has 276 valence electrons. The number of nitrogens with one attached hydrogen (secondary N) is 3. The first-order valence-electron chi connectivity index (χ1n) is 16.9. The molecular formula is C35H42F3N5O6S2. The fraction of sp³-hybridized carbons (Fsp3) is 0.543. The largest absolute Gasteiger partial charge is 0.465 e. The second-order valence-corrected chi connectivity index (χ2v) is 18.3. The Bertz CT molecular complexity index is 1930. The number of nitrogens with zero attached hydrogens (tertiary/aromatic N) is 2. The number of halogens is 3. The van der Waals surface area contributed by atoms with Gasteiger partial charge < -0.3 is 20.3 Å². The van der Waals surface area contributed by atoms with Crippen LogP contribution in [0.2, 0.25) is 0 Å². The van der Waals surface area contributed by atoms with E-state index in [1.54, 1.807) is 27.7 Å². The highest BCUT2D eigenvalue weighted by Crippen LogP contribution is 2.48. The molecule has 2 aliphatic carbocycles. The molecule has 2 saturated carbocycles. The van der Waals surface area contributed by atoms with E-state index in [1.165, 1.54) is 28.4 Å². The third-order valence-corrected chi connectivity index (χ3v) is 13.3. The van der Waals surface area contributed by atoms with Crippen LogP contribution < -0.4 is 20.1 Å². The summed E-state index contributed by atoms with van der Waals surface area (Å²) in [5.41, 5.74) is -2.41. The van der Waals surface area contributed by atoms with Crippen molar-refractivity contribution in [2.45, 2.75) is 101 Å². The number of sulfonamides is 1. The average Bonchev–Trinajstić information content (AvgIpc) is 3.87. The molecule has 16 heteroatoms. The van der Waals surface area contributed by atoms with Crippen LogP contribution in [0.4, 0.5) is 18.9 Å². The van der Waals surface area contributed by atoms with Crippen molar-refractivity contribution >= 4 is 55.0 Å². The number of fused-ring (bicyclic) bond motifs is 1. The Morgan fingerprint density at radius 2 is 1.80 bits per heavy atom. The van der Waals surface area contributed by atoms with Gasteiger partial charge in [-0.25, -0.2) is 13.4 Å². The van der Waals surface area contributed by atoms with E-state index in [0.717, 1.165) is 22.3 Å². The quantitative estimate of drug-likeness (QED) is 0.234. The Hall–Kier alpha value is -3.92. The predicted molar refractivity (Wildman–Crippen MR) is 186 cm³/mol. The zero-order valence-corrected chi connectivity index (χ0v) is 30.6. The summed E-state index contributed by atoms with van der Waals surface area (Å²) in [4.78, 5) is 48.2. The van der Waals surface area contributed by atoms with Crippen LogP contribution >= 0.6 is 11.3 Å². The van der Waals surface area contributed by atoms with Crippen LogP contribution in [0, 0.1) is 11.3 Å². The number of aromatic nitrogens is 1. The normalized spacial score (nSPS) is 24.9. The number of hydrogen-bond acceptors (Lipinski definition) is 9. The number of hydrogen-bond donors (Lipinski definition) is 3. The fourth-order valence-electron chi connectivity index (χ4n) is 6.58. The van der Waals surface area contributed by atoms with Crippen molar-refractivity contribution in [3.05, 3.63) is 54.1 Å². The summed E-state index contributed by atoms with van der Waals surface area (Å²) < 4.78 is 74.9. The van der Waals surface area contributed by atoms with Gasteiger partial charge in [0.1, 0.15) is 23.7 Å². The van der Waals surface area contributed by atoms with Crippen molar-refractivity contribution in [2.24, 2.45) is 11.3 Å². The molecule has 1 aliphatic heterocycles. The van der Waals surface area contributed by atoms with Crippen molar-refractivity contribution in [3.8, 4) is 5.19 Å².